The minimum atomic E-state index is -0.128. The Bertz CT molecular complexity index is 496. The Morgan fingerprint density at radius 1 is 1.53 bits per heavy atom. The predicted molar refractivity (Wildman–Crippen MR) is 62.3 cm³/mol. The summed E-state index contributed by atoms with van der Waals surface area (Å²) in [6.07, 6.45) is 6.60. The van der Waals surface area contributed by atoms with E-state index in [9.17, 15) is 0 Å². The average molecular weight is 232 g/mol. The quantitative estimate of drug-likeness (QED) is 0.819. The predicted octanol–water partition coefficient (Wildman–Crippen LogP) is 0.887. The first-order valence-electron chi connectivity index (χ1n) is 5.90. The number of rotatable bonds is 4. The Kier molecular flexibility index (Phi) is 2.44. The molecule has 3 rings (SSSR count). The van der Waals surface area contributed by atoms with Crippen LogP contribution in [0, 0.1) is 6.92 Å². The minimum Gasteiger partial charge on any atom is -0.348 e. The summed E-state index contributed by atoms with van der Waals surface area (Å²) in [4.78, 5) is 7.05. The Labute approximate surface area is 99.3 Å². The molecule has 0 bridgehead atoms. The van der Waals surface area contributed by atoms with Gasteiger partial charge in [-0.15, -0.1) is 10.2 Å². The van der Waals surface area contributed by atoms with E-state index in [4.69, 9.17) is 5.73 Å². The van der Waals surface area contributed by atoms with Crippen molar-refractivity contribution in [3.8, 4) is 0 Å². The summed E-state index contributed by atoms with van der Waals surface area (Å²) in [6, 6.07) is 0.435. The molecule has 6 nitrogen and oxygen atoms in total. The number of hydrogen-bond acceptors (Lipinski definition) is 4. The number of nitrogens with zero attached hydrogens (tertiary/aromatic N) is 4. The van der Waals surface area contributed by atoms with Crippen LogP contribution in [0.4, 0.5) is 0 Å². The van der Waals surface area contributed by atoms with Crippen LogP contribution in [0.5, 0.6) is 0 Å². The number of aromatic nitrogens is 5. The van der Waals surface area contributed by atoms with E-state index in [0.717, 1.165) is 17.3 Å². The van der Waals surface area contributed by atoms with Gasteiger partial charge in [0.25, 0.3) is 0 Å². The van der Waals surface area contributed by atoms with Crippen LogP contribution in [0.15, 0.2) is 12.5 Å². The molecule has 17 heavy (non-hydrogen) atoms. The summed E-state index contributed by atoms with van der Waals surface area (Å²) in [5.74, 6) is 1.85. The molecule has 1 atom stereocenters. The van der Waals surface area contributed by atoms with Crippen molar-refractivity contribution in [1.29, 1.82) is 0 Å². The summed E-state index contributed by atoms with van der Waals surface area (Å²) >= 11 is 0. The smallest absolute Gasteiger partial charge is 0.150 e. The van der Waals surface area contributed by atoms with Gasteiger partial charge in [0.1, 0.15) is 5.82 Å². The molecule has 1 fully saturated rings. The Morgan fingerprint density at radius 2 is 2.35 bits per heavy atom. The molecule has 1 aliphatic carbocycles. The molecule has 1 unspecified atom stereocenters. The third kappa shape index (κ3) is 1.95. The first kappa shape index (κ1) is 10.5. The number of imidazole rings is 1. The van der Waals surface area contributed by atoms with Crippen molar-refractivity contribution >= 4 is 0 Å². The van der Waals surface area contributed by atoms with Gasteiger partial charge in [0, 0.05) is 24.4 Å². The number of nitrogens with one attached hydrogen (secondary N) is 1. The molecule has 2 heterocycles. The van der Waals surface area contributed by atoms with Gasteiger partial charge in [-0.2, -0.15) is 0 Å². The fourth-order valence-electron chi connectivity index (χ4n) is 2.15. The van der Waals surface area contributed by atoms with E-state index in [1.807, 2.05) is 6.92 Å². The van der Waals surface area contributed by atoms with E-state index in [1.165, 1.54) is 12.8 Å². The first-order valence-corrected chi connectivity index (χ1v) is 5.90. The van der Waals surface area contributed by atoms with Crippen LogP contribution in [0.25, 0.3) is 0 Å². The zero-order valence-electron chi connectivity index (χ0n) is 9.80. The van der Waals surface area contributed by atoms with E-state index in [0.29, 0.717) is 12.5 Å². The summed E-state index contributed by atoms with van der Waals surface area (Å²) < 4.78 is 2.18. The number of H-pyrrole nitrogens is 1. The van der Waals surface area contributed by atoms with E-state index < -0.39 is 0 Å². The van der Waals surface area contributed by atoms with Gasteiger partial charge < -0.3 is 15.3 Å². The molecular weight excluding hydrogens is 216 g/mol. The molecule has 0 spiro atoms. The lowest BCUT2D eigenvalue weighted by Gasteiger charge is -2.12. The number of aromatic amines is 1. The van der Waals surface area contributed by atoms with Gasteiger partial charge in [-0.3, -0.25) is 0 Å². The number of nitrogens with two attached hydrogens (primary N) is 1. The molecule has 90 valence electrons. The molecule has 0 radical (unpaired) electrons. The van der Waals surface area contributed by atoms with Crippen LogP contribution in [0.2, 0.25) is 0 Å². The van der Waals surface area contributed by atoms with Gasteiger partial charge in [-0.25, -0.2) is 4.98 Å². The fourth-order valence-corrected chi connectivity index (χ4v) is 2.15. The number of aryl methyl sites for hydroxylation is 1. The summed E-state index contributed by atoms with van der Waals surface area (Å²) in [5.41, 5.74) is 7.22. The lowest BCUT2D eigenvalue weighted by molar-refractivity contribution is 0.580. The first-order chi connectivity index (χ1) is 8.25. The lowest BCUT2D eigenvalue weighted by atomic mass is 10.1. The third-order valence-electron chi connectivity index (χ3n) is 3.13. The average Bonchev–Trinajstić information content (AvgIpc) is 2.86. The molecule has 0 saturated heterocycles. The van der Waals surface area contributed by atoms with E-state index in [1.54, 1.807) is 12.5 Å². The molecule has 0 aliphatic heterocycles. The molecule has 2 aromatic rings. The highest BCUT2D eigenvalue weighted by atomic mass is 15.3. The van der Waals surface area contributed by atoms with Crippen molar-refractivity contribution in [2.75, 3.05) is 0 Å². The topological polar surface area (TPSA) is 85.4 Å². The van der Waals surface area contributed by atoms with Crippen molar-refractivity contribution in [1.82, 2.24) is 24.7 Å². The SMILES string of the molecule is Cc1nnc(C(N)Cc2cnc[nH]2)n1C1CC1. The summed E-state index contributed by atoms with van der Waals surface area (Å²) in [5, 5.41) is 8.35. The Morgan fingerprint density at radius 3 is 3.00 bits per heavy atom. The van der Waals surface area contributed by atoms with Crippen LogP contribution in [-0.4, -0.2) is 24.7 Å². The van der Waals surface area contributed by atoms with Crippen LogP contribution in [0.1, 0.15) is 42.3 Å². The van der Waals surface area contributed by atoms with Gasteiger partial charge >= 0.3 is 0 Å². The highest BCUT2D eigenvalue weighted by Gasteiger charge is 2.30. The standard InChI is InChI=1S/C11H16N6/c1-7-15-16-11(17(7)9-2-3-9)10(12)4-8-5-13-6-14-8/h5-6,9-10H,2-4,12H2,1H3,(H,13,14). The maximum absolute atomic E-state index is 6.19. The highest BCUT2D eigenvalue weighted by molar-refractivity contribution is 5.09. The van der Waals surface area contributed by atoms with Crippen molar-refractivity contribution in [3.05, 3.63) is 29.9 Å². The molecule has 0 amide bonds. The summed E-state index contributed by atoms with van der Waals surface area (Å²) in [6.45, 7) is 1.98. The number of hydrogen-bond donors (Lipinski definition) is 2. The molecular formula is C11H16N6. The molecule has 6 heteroatoms. The monoisotopic (exact) mass is 232 g/mol. The van der Waals surface area contributed by atoms with Crippen molar-refractivity contribution < 1.29 is 0 Å². The zero-order chi connectivity index (χ0) is 11.8. The fraction of sp³-hybridized carbons (Fsp3) is 0.545. The zero-order valence-corrected chi connectivity index (χ0v) is 9.80. The maximum Gasteiger partial charge on any atom is 0.150 e. The van der Waals surface area contributed by atoms with Crippen molar-refractivity contribution in [2.24, 2.45) is 5.73 Å². The van der Waals surface area contributed by atoms with Crippen molar-refractivity contribution in [2.45, 2.75) is 38.3 Å². The largest absolute Gasteiger partial charge is 0.348 e. The second kappa shape index (κ2) is 3.96. The lowest BCUT2D eigenvalue weighted by Crippen LogP contribution is -2.19. The van der Waals surface area contributed by atoms with Crippen LogP contribution >= 0.6 is 0 Å². The van der Waals surface area contributed by atoms with Gasteiger partial charge in [0.15, 0.2) is 5.82 Å². The Balaban J connectivity index is 1.83. The van der Waals surface area contributed by atoms with Gasteiger partial charge in [0.2, 0.25) is 0 Å². The van der Waals surface area contributed by atoms with Crippen LogP contribution < -0.4 is 5.73 Å². The normalized spacial score (nSPS) is 17.3. The Hall–Kier alpha value is -1.69. The molecule has 1 saturated carbocycles. The molecule has 0 aromatic carbocycles. The van der Waals surface area contributed by atoms with Crippen LogP contribution in [0.3, 0.4) is 0 Å². The molecule has 3 N–H and O–H groups in total. The summed E-state index contributed by atoms with van der Waals surface area (Å²) in [7, 11) is 0. The van der Waals surface area contributed by atoms with E-state index in [2.05, 4.69) is 24.7 Å². The maximum atomic E-state index is 6.19. The van der Waals surface area contributed by atoms with Gasteiger partial charge in [-0.1, -0.05) is 0 Å². The van der Waals surface area contributed by atoms with Crippen molar-refractivity contribution in [3.63, 3.8) is 0 Å². The molecule has 2 aromatic heterocycles. The minimum absolute atomic E-state index is 0.128. The van der Waals surface area contributed by atoms with E-state index in [-0.39, 0.29) is 6.04 Å². The van der Waals surface area contributed by atoms with Gasteiger partial charge in [-0.05, 0) is 19.8 Å². The molecule has 1 aliphatic rings. The second-order valence-corrected chi connectivity index (χ2v) is 4.59. The van der Waals surface area contributed by atoms with E-state index >= 15 is 0 Å². The highest BCUT2D eigenvalue weighted by Crippen LogP contribution is 2.37. The second-order valence-electron chi connectivity index (χ2n) is 4.59. The van der Waals surface area contributed by atoms with Crippen LogP contribution in [-0.2, 0) is 6.42 Å². The third-order valence-corrected chi connectivity index (χ3v) is 3.13. The van der Waals surface area contributed by atoms with Gasteiger partial charge in [0.05, 0.1) is 12.4 Å².